The van der Waals surface area contributed by atoms with Crippen molar-refractivity contribution in [3.8, 4) is 61.3 Å². The number of rotatable bonds is 9. The van der Waals surface area contributed by atoms with E-state index in [-0.39, 0.29) is 0 Å². The van der Waals surface area contributed by atoms with Gasteiger partial charge in [-0.3, -0.25) is 0 Å². The summed E-state index contributed by atoms with van der Waals surface area (Å²) in [6.07, 6.45) is 0. The van der Waals surface area contributed by atoms with Gasteiger partial charge in [0.1, 0.15) is 0 Å². The number of anilines is 3. The van der Waals surface area contributed by atoms with E-state index < -0.39 is 0 Å². The maximum atomic E-state index is 2.43. The van der Waals surface area contributed by atoms with E-state index in [0.29, 0.717) is 0 Å². The molecule has 0 aliphatic carbocycles. The van der Waals surface area contributed by atoms with Gasteiger partial charge in [0.15, 0.2) is 0 Å². The van der Waals surface area contributed by atoms with E-state index in [0.717, 1.165) is 22.7 Å². The van der Waals surface area contributed by atoms with Gasteiger partial charge in [0.2, 0.25) is 0 Å². The summed E-state index contributed by atoms with van der Waals surface area (Å²) in [6.45, 7) is 0. The molecule has 1 aromatic heterocycles. The summed E-state index contributed by atoms with van der Waals surface area (Å²) in [5, 5.41) is 9.78. The summed E-state index contributed by atoms with van der Waals surface area (Å²) >= 11 is 0. The molecule has 0 spiro atoms. The van der Waals surface area contributed by atoms with Crippen molar-refractivity contribution in [3.63, 3.8) is 0 Å². The quantitative estimate of drug-likeness (QED) is 0.131. The first-order valence-corrected chi connectivity index (χ1v) is 25.5. The van der Waals surface area contributed by atoms with Crippen LogP contribution in [-0.2, 0) is 0 Å². The summed E-state index contributed by atoms with van der Waals surface area (Å²) in [5.74, 6) is 0. The Bertz CT molecular complexity index is 4230. The molecule has 2 heteroatoms. The molecular weight excluding hydrogens is 893 g/mol. The number of aromatic nitrogens is 1. The summed E-state index contributed by atoms with van der Waals surface area (Å²) in [4.78, 5) is 2.42. The Balaban J connectivity index is 0.917. The molecule has 0 atom stereocenters. The molecule has 74 heavy (non-hydrogen) atoms. The summed E-state index contributed by atoms with van der Waals surface area (Å²) < 4.78 is 2.43. The van der Waals surface area contributed by atoms with Crippen molar-refractivity contribution in [1.82, 2.24) is 4.57 Å². The van der Waals surface area contributed by atoms with Crippen LogP contribution in [0.1, 0.15) is 0 Å². The number of para-hydroxylation sites is 1. The van der Waals surface area contributed by atoms with Crippen molar-refractivity contribution in [2.75, 3.05) is 4.90 Å². The zero-order valence-corrected chi connectivity index (χ0v) is 40.6. The van der Waals surface area contributed by atoms with Crippen LogP contribution in [0.4, 0.5) is 17.1 Å². The average Bonchev–Trinajstić information content (AvgIpc) is 3.81. The van der Waals surface area contributed by atoms with Gasteiger partial charge in [0, 0.05) is 33.2 Å². The van der Waals surface area contributed by atoms with Crippen molar-refractivity contribution >= 4 is 71.2 Å². The van der Waals surface area contributed by atoms with Crippen LogP contribution in [0.25, 0.3) is 115 Å². The average molecular weight is 941 g/mol. The maximum Gasteiger partial charge on any atom is 0.0541 e. The minimum absolute atomic E-state index is 1.08. The molecular formula is C72H48N2. The molecule has 2 nitrogen and oxygen atoms in total. The third-order valence-corrected chi connectivity index (χ3v) is 15.0. The molecule has 0 radical (unpaired) electrons. The topological polar surface area (TPSA) is 8.17 Å². The summed E-state index contributed by atoms with van der Waals surface area (Å²) in [7, 11) is 0. The molecule has 0 amide bonds. The van der Waals surface area contributed by atoms with Crippen LogP contribution in [0.5, 0.6) is 0 Å². The van der Waals surface area contributed by atoms with Gasteiger partial charge in [-0.15, -0.1) is 0 Å². The van der Waals surface area contributed by atoms with Gasteiger partial charge in [0.05, 0.1) is 16.7 Å². The zero-order valence-electron chi connectivity index (χ0n) is 40.6. The first-order valence-electron chi connectivity index (χ1n) is 25.5. The van der Waals surface area contributed by atoms with Crippen molar-refractivity contribution in [3.05, 3.63) is 291 Å². The molecule has 0 unspecified atom stereocenters. The van der Waals surface area contributed by atoms with Gasteiger partial charge in [-0.2, -0.15) is 0 Å². The minimum Gasteiger partial charge on any atom is -0.310 e. The molecule has 0 bridgehead atoms. The van der Waals surface area contributed by atoms with Gasteiger partial charge < -0.3 is 9.47 Å². The molecule has 1 heterocycles. The van der Waals surface area contributed by atoms with E-state index in [1.54, 1.807) is 0 Å². The van der Waals surface area contributed by atoms with E-state index in [1.165, 1.54) is 110 Å². The third-order valence-electron chi connectivity index (χ3n) is 15.0. The Hall–Kier alpha value is -9.76. The van der Waals surface area contributed by atoms with Gasteiger partial charge in [-0.1, -0.05) is 218 Å². The van der Waals surface area contributed by atoms with Crippen molar-refractivity contribution in [2.24, 2.45) is 0 Å². The lowest BCUT2D eigenvalue weighted by atomic mass is 9.84. The third kappa shape index (κ3) is 7.35. The van der Waals surface area contributed by atoms with E-state index in [4.69, 9.17) is 0 Å². The smallest absolute Gasteiger partial charge is 0.0541 e. The Morgan fingerprint density at radius 2 is 0.635 bits per heavy atom. The van der Waals surface area contributed by atoms with Crippen LogP contribution in [0.2, 0.25) is 0 Å². The molecule has 0 aliphatic rings. The predicted octanol–water partition coefficient (Wildman–Crippen LogP) is 20.0. The van der Waals surface area contributed by atoms with Crippen LogP contribution < -0.4 is 4.90 Å². The number of hydrogen-bond acceptors (Lipinski definition) is 1. The van der Waals surface area contributed by atoms with Gasteiger partial charge in [-0.05, 0) is 155 Å². The first kappa shape index (κ1) is 43.1. The highest BCUT2D eigenvalue weighted by atomic mass is 15.1. The Kier molecular flexibility index (Phi) is 10.6. The summed E-state index contributed by atoms with van der Waals surface area (Å²) in [5.41, 5.74) is 18.9. The van der Waals surface area contributed by atoms with Gasteiger partial charge >= 0.3 is 0 Å². The van der Waals surface area contributed by atoms with Crippen molar-refractivity contribution < 1.29 is 0 Å². The lowest BCUT2D eigenvalue weighted by Gasteiger charge is -2.27. The van der Waals surface area contributed by atoms with Crippen LogP contribution in [0.3, 0.4) is 0 Å². The normalized spacial score (nSPS) is 11.5. The molecule has 14 aromatic rings. The number of fused-ring (bicyclic) bond motifs is 6. The highest BCUT2D eigenvalue weighted by Crippen LogP contribution is 2.48. The second-order valence-electron chi connectivity index (χ2n) is 19.2. The Morgan fingerprint density at radius 3 is 1.19 bits per heavy atom. The second-order valence-corrected chi connectivity index (χ2v) is 19.2. The zero-order chi connectivity index (χ0) is 49.0. The van der Waals surface area contributed by atoms with E-state index in [9.17, 15) is 0 Å². The lowest BCUT2D eigenvalue weighted by Crippen LogP contribution is -2.10. The Labute approximate surface area is 430 Å². The largest absolute Gasteiger partial charge is 0.310 e. The monoisotopic (exact) mass is 940 g/mol. The molecule has 0 aliphatic heterocycles. The maximum absolute atomic E-state index is 2.43. The minimum atomic E-state index is 1.08. The molecule has 0 N–H and O–H groups in total. The SMILES string of the molecule is c1ccc(-c2cccc(-c3c4ccccc4c(-c4cccc5c(N(c6ccccc6)c6ccc(-n7c8ccc(-c9ccccc9)cc8c8cc(-c9ccccc9)ccc87)cc6)cccc45)c4ccccc34)c2)cc1. The molecule has 0 saturated carbocycles. The summed E-state index contributed by atoms with van der Waals surface area (Å²) in [6, 6.07) is 106. The molecule has 13 aromatic carbocycles. The fourth-order valence-corrected chi connectivity index (χ4v) is 11.6. The number of hydrogen-bond donors (Lipinski definition) is 0. The predicted molar refractivity (Wildman–Crippen MR) is 315 cm³/mol. The fourth-order valence-electron chi connectivity index (χ4n) is 11.6. The van der Waals surface area contributed by atoms with Crippen LogP contribution in [0.15, 0.2) is 291 Å². The molecule has 0 fully saturated rings. The Morgan fingerprint density at radius 1 is 0.230 bits per heavy atom. The highest BCUT2D eigenvalue weighted by Gasteiger charge is 2.22. The number of nitrogens with zero attached hydrogens (tertiary/aromatic N) is 2. The van der Waals surface area contributed by atoms with Gasteiger partial charge in [-0.25, -0.2) is 0 Å². The van der Waals surface area contributed by atoms with Gasteiger partial charge in [0.25, 0.3) is 0 Å². The standard InChI is InChI=1S/C72H48N2/c1-5-20-49(21-6-1)52-26-17-27-55(46-52)71-62-30-13-15-32-64(62)72(65-33-16-14-31-63(65)71)61-36-18-35-60-59(61)34-19-37-68(60)73(56-28-11-4-12-29-56)57-40-42-58(43-41-57)74-69-44-38-53(50-22-7-2-8-23-50)47-66(69)67-48-54(39-45-70(67)74)51-24-9-3-10-25-51/h1-48H. The van der Waals surface area contributed by atoms with Crippen LogP contribution >= 0.6 is 0 Å². The van der Waals surface area contributed by atoms with E-state index in [2.05, 4.69) is 301 Å². The van der Waals surface area contributed by atoms with Crippen molar-refractivity contribution in [1.29, 1.82) is 0 Å². The van der Waals surface area contributed by atoms with E-state index >= 15 is 0 Å². The van der Waals surface area contributed by atoms with E-state index in [1.807, 2.05) is 0 Å². The van der Waals surface area contributed by atoms with Crippen LogP contribution in [0, 0.1) is 0 Å². The fraction of sp³-hybridized carbons (Fsp3) is 0. The molecule has 14 rings (SSSR count). The molecule has 346 valence electrons. The lowest BCUT2D eigenvalue weighted by molar-refractivity contribution is 1.17. The van der Waals surface area contributed by atoms with Crippen molar-refractivity contribution in [2.45, 2.75) is 0 Å². The highest BCUT2D eigenvalue weighted by molar-refractivity contribution is 6.24. The number of benzene rings is 13. The molecule has 0 saturated heterocycles. The second kappa shape index (κ2) is 18.1. The first-order chi connectivity index (χ1) is 36.7. The van der Waals surface area contributed by atoms with Crippen LogP contribution in [-0.4, -0.2) is 4.57 Å².